The fourth-order valence-corrected chi connectivity index (χ4v) is 3.13. The molecule has 1 aromatic rings. The van der Waals surface area contributed by atoms with Crippen molar-refractivity contribution in [1.82, 2.24) is 5.32 Å². The molecule has 1 unspecified atom stereocenters. The highest BCUT2D eigenvalue weighted by Crippen LogP contribution is 2.27. The summed E-state index contributed by atoms with van der Waals surface area (Å²) in [5, 5.41) is 3.29. The quantitative estimate of drug-likeness (QED) is 0.877. The van der Waals surface area contributed by atoms with E-state index < -0.39 is 0 Å². The van der Waals surface area contributed by atoms with Gasteiger partial charge in [-0.25, -0.2) is 4.39 Å². The Morgan fingerprint density at radius 3 is 2.83 bits per heavy atom. The zero-order chi connectivity index (χ0) is 16.2. The van der Waals surface area contributed by atoms with Crippen LogP contribution in [-0.4, -0.2) is 18.0 Å². The molecule has 1 fully saturated rings. The van der Waals surface area contributed by atoms with Crippen molar-refractivity contribution in [2.45, 2.75) is 38.0 Å². The highest BCUT2D eigenvalue weighted by atomic mass is 19.1. The largest absolute Gasteiger partial charge is 0.489 e. The van der Waals surface area contributed by atoms with Crippen LogP contribution in [0.4, 0.5) is 4.39 Å². The van der Waals surface area contributed by atoms with Crippen LogP contribution in [0.15, 0.2) is 48.3 Å². The summed E-state index contributed by atoms with van der Waals surface area (Å²) in [6, 6.07) is 6.67. The minimum atomic E-state index is -0.281. The fourth-order valence-electron chi connectivity index (χ4n) is 3.13. The zero-order valence-corrected chi connectivity index (χ0v) is 12.9. The Morgan fingerprint density at radius 2 is 2.17 bits per heavy atom. The number of nitrogens with one attached hydrogen (secondary N) is 1. The van der Waals surface area contributed by atoms with E-state index in [2.05, 4.69) is 11.4 Å². The van der Waals surface area contributed by atoms with E-state index in [0.717, 1.165) is 25.0 Å². The van der Waals surface area contributed by atoms with E-state index in [4.69, 9.17) is 10.5 Å². The van der Waals surface area contributed by atoms with Gasteiger partial charge in [-0.3, -0.25) is 4.79 Å². The van der Waals surface area contributed by atoms with Crippen LogP contribution in [0.2, 0.25) is 0 Å². The number of benzene rings is 1. The maximum Gasteiger partial charge on any atom is 0.234 e. The molecule has 1 aromatic carbocycles. The summed E-state index contributed by atoms with van der Waals surface area (Å²) in [6.45, 7) is 0.221. The van der Waals surface area contributed by atoms with Crippen LogP contribution in [0.25, 0.3) is 0 Å². The number of carbonyl (C=O) groups excluding carboxylic acids is 1. The molecule has 4 nitrogen and oxygen atoms in total. The number of hydrogen-bond donors (Lipinski definition) is 2. The molecule has 2 aliphatic rings. The van der Waals surface area contributed by atoms with Crippen molar-refractivity contribution in [3.63, 3.8) is 0 Å². The van der Waals surface area contributed by atoms with Crippen LogP contribution in [0, 0.1) is 11.7 Å². The summed E-state index contributed by atoms with van der Waals surface area (Å²) in [6.07, 6.45) is 8.62. The Balaban J connectivity index is 1.51. The van der Waals surface area contributed by atoms with Crippen molar-refractivity contribution >= 4 is 5.91 Å². The average molecular weight is 316 g/mol. The maximum absolute atomic E-state index is 13.5. The molecule has 5 heteroatoms. The summed E-state index contributed by atoms with van der Waals surface area (Å²) in [5.74, 6) is 0.560. The van der Waals surface area contributed by atoms with Gasteiger partial charge in [0, 0.05) is 11.6 Å². The third-order valence-corrected chi connectivity index (χ3v) is 4.49. The number of halogens is 1. The van der Waals surface area contributed by atoms with Gasteiger partial charge in [0.05, 0.1) is 6.04 Å². The van der Waals surface area contributed by atoms with Crippen molar-refractivity contribution in [2.75, 3.05) is 0 Å². The molecule has 1 saturated heterocycles. The second kappa shape index (κ2) is 6.96. The smallest absolute Gasteiger partial charge is 0.234 e. The summed E-state index contributed by atoms with van der Waals surface area (Å²) < 4.78 is 19.2. The molecule has 1 heterocycles. The van der Waals surface area contributed by atoms with Crippen LogP contribution in [0.1, 0.15) is 24.8 Å². The molecule has 3 atom stereocenters. The lowest BCUT2D eigenvalue weighted by molar-refractivity contribution is -0.119. The SMILES string of the molecule is NC(=O)[C@@H]1CC[C@H](C2C=CC(OCc3ccccc3F)=CC2)N1. The normalized spacial score (nSPS) is 26.8. The lowest BCUT2D eigenvalue weighted by Gasteiger charge is -2.23. The molecule has 3 N–H and O–H groups in total. The first kappa shape index (κ1) is 15.7. The van der Waals surface area contributed by atoms with Gasteiger partial charge in [-0.2, -0.15) is 0 Å². The van der Waals surface area contributed by atoms with Gasteiger partial charge in [0.15, 0.2) is 0 Å². The number of carbonyl (C=O) groups is 1. The minimum absolute atomic E-state index is 0.212. The van der Waals surface area contributed by atoms with E-state index in [1.54, 1.807) is 18.2 Å². The van der Waals surface area contributed by atoms with Gasteiger partial charge in [-0.15, -0.1) is 0 Å². The number of amides is 1. The van der Waals surface area contributed by atoms with Crippen LogP contribution in [0.3, 0.4) is 0 Å². The van der Waals surface area contributed by atoms with Crippen molar-refractivity contribution in [1.29, 1.82) is 0 Å². The van der Waals surface area contributed by atoms with E-state index >= 15 is 0 Å². The van der Waals surface area contributed by atoms with E-state index in [1.807, 2.05) is 12.2 Å². The van der Waals surface area contributed by atoms with Crippen molar-refractivity contribution in [2.24, 2.45) is 11.7 Å². The van der Waals surface area contributed by atoms with Crippen LogP contribution >= 0.6 is 0 Å². The third-order valence-electron chi connectivity index (χ3n) is 4.49. The van der Waals surface area contributed by atoms with E-state index in [-0.39, 0.29) is 30.4 Å². The summed E-state index contributed by atoms with van der Waals surface area (Å²) in [5.41, 5.74) is 5.88. The molecule has 0 bridgehead atoms. The predicted octanol–water partition coefficient (Wildman–Crippen LogP) is 2.41. The van der Waals surface area contributed by atoms with E-state index in [9.17, 15) is 9.18 Å². The zero-order valence-electron chi connectivity index (χ0n) is 12.9. The summed E-state index contributed by atoms with van der Waals surface area (Å²) in [4.78, 5) is 11.2. The number of ether oxygens (including phenoxy) is 1. The summed E-state index contributed by atoms with van der Waals surface area (Å²) >= 11 is 0. The van der Waals surface area contributed by atoms with Gasteiger partial charge < -0.3 is 15.8 Å². The molecule has 1 aliphatic carbocycles. The number of rotatable bonds is 5. The van der Waals surface area contributed by atoms with Gasteiger partial charge in [-0.1, -0.05) is 24.3 Å². The molecular formula is C18H21FN2O2. The van der Waals surface area contributed by atoms with Crippen molar-refractivity contribution < 1.29 is 13.9 Å². The number of nitrogens with two attached hydrogens (primary N) is 1. The monoisotopic (exact) mass is 316 g/mol. The highest BCUT2D eigenvalue weighted by Gasteiger charge is 2.31. The summed E-state index contributed by atoms with van der Waals surface area (Å²) in [7, 11) is 0. The molecule has 1 amide bonds. The second-order valence-electron chi connectivity index (χ2n) is 6.05. The standard InChI is InChI=1S/C18H21FN2O2/c19-15-4-2-1-3-13(15)11-23-14-7-5-12(6-8-14)16-9-10-17(21-16)18(20)22/h1-5,7-8,12,16-17,21H,6,9-11H2,(H2,20,22)/t12?,16-,17+/m1/s1. The van der Waals surface area contributed by atoms with Gasteiger partial charge in [0.1, 0.15) is 18.2 Å². The fraction of sp³-hybridized carbons (Fsp3) is 0.389. The van der Waals surface area contributed by atoms with Gasteiger partial charge >= 0.3 is 0 Å². The lowest BCUT2D eigenvalue weighted by atomic mass is 9.91. The number of allylic oxidation sites excluding steroid dienone is 2. The van der Waals surface area contributed by atoms with Gasteiger partial charge in [0.25, 0.3) is 0 Å². The first-order chi connectivity index (χ1) is 11.1. The van der Waals surface area contributed by atoms with Gasteiger partial charge in [-0.05, 0) is 43.4 Å². The Bertz CT molecular complexity index is 642. The first-order valence-corrected chi connectivity index (χ1v) is 7.93. The van der Waals surface area contributed by atoms with Crippen LogP contribution < -0.4 is 11.1 Å². The van der Waals surface area contributed by atoms with E-state index in [0.29, 0.717) is 11.5 Å². The molecule has 122 valence electrons. The molecule has 0 spiro atoms. The first-order valence-electron chi connectivity index (χ1n) is 7.93. The molecule has 1 aliphatic heterocycles. The van der Waals surface area contributed by atoms with Crippen molar-refractivity contribution in [3.05, 3.63) is 59.6 Å². The molecule has 0 radical (unpaired) electrons. The number of hydrogen-bond acceptors (Lipinski definition) is 3. The molecule has 3 rings (SSSR count). The molecule has 0 aromatic heterocycles. The Labute approximate surface area is 135 Å². The Kier molecular flexibility index (Phi) is 4.76. The Hall–Kier alpha value is -2.14. The van der Waals surface area contributed by atoms with Crippen LogP contribution in [-0.2, 0) is 16.1 Å². The molecular weight excluding hydrogens is 295 g/mol. The highest BCUT2D eigenvalue weighted by molar-refractivity contribution is 5.80. The molecule has 23 heavy (non-hydrogen) atoms. The maximum atomic E-state index is 13.5. The van der Waals surface area contributed by atoms with E-state index in [1.165, 1.54) is 6.07 Å². The minimum Gasteiger partial charge on any atom is -0.489 e. The second-order valence-corrected chi connectivity index (χ2v) is 6.05. The number of primary amides is 1. The topological polar surface area (TPSA) is 64.4 Å². The third kappa shape index (κ3) is 3.79. The van der Waals surface area contributed by atoms with Crippen LogP contribution in [0.5, 0.6) is 0 Å². The predicted molar refractivity (Wildman–Crippen MR) is 85.7 cm³/mol. The average Bonchev–Trinajstić information content (AvgIpc) is 3.05. The lowest BCUT2D eigenvalue weighted by Crippen LogP contribution is -2.42. The van der Waals surface area contributed by atoms with Gasteiger partial charge in [0.2, 0.25) is 5.91 Å². The molecule has 0 saturated carbocycles. The Morgan fingerprint density at radius 1 is 1.35 bits per heavy atom. The van der Waals surface area contributed by atoms with Crippen molar-refractivity contribution in [3.8, 4) is 0 Å².